The molecule has 0 aromatic heterocycles. The quantitative estimate of drug-likeness (QED) is 0.0169. The minimum Gasteiger partial charge on any atom is -0.462 e. The van der Waals surface area contributed by atoms with E-state index in [1.54, 1.807) is 0 Å². The first kappa shape index (κ1) is 105. The zero-order valence-corrected chi connectivity index (χ0v) is 71.6. The highest BCUT2D eigenvalue weighted by atomic mass is 31.2. The van der Waals surface area contributed by atoms with Crippen molar-refractivity contribution in [3.05, 3.63) is 24.3 Å². The molecule has 0 saturated carbocycles. The first-order valence-electron chi connectivity index (χ1n) is 45.0. The van der Waals surface area contributed by atoms with Gasteiger partial charge >= 0.3 is 39.5 Å². The lowest BCUT2D eigenvalue weighted by atomic mass is 10.0. The van der Waals surface area contributed by atoms with Crippen LogP contribution in [-0.2, 0) is 65.4 Å². The van der Waals surface area contributed by atoms with E-state index >= 15 is 0 Å². The number of aliphatic hydroxyl groups is 1. The molecule has 0 aromatic carbocycles. The molecule has 17 nitrogen and oxygen atoms in total. The maximum absolute atomic E-state index is 13.2. The van der Waals surface area contributed by atoms with Gasteiger partial charge in [0, 0.05) is 25.7 Å². The lowest BCUT2D eigenvalue weighted by molar-refractivity contribution is -0.161. The Hall–Kier alpha value is -2.46. The van der Waals surface area contributed by atoms with Crippen LogP contribution in [0, 0.1) is 5.92 Å². The van der Waals surface area contributed by atoms with Crippen molar-refractivity contribution in [3.8, 4) is 0 Å². The van der Waals surface area contributed by atoms with E-state index in [2.05, 4.69) is 58.9 Å². The van der Waals surface area contributed by atoms with Gasteiger partial charge in [0.05, 0.1) is 26.4 Å². The van der Waals surface area contributed by atoms with Gasteiger partial charge in [0.2, 0.25) is 0 Å². The Labute approximate surface area is 656 Å². The van der Waals surface area contributed by atoms with Gasteiger partial charge in [-0.2, -0.15) is 0 Å². The van der Waals surface area contributed by atoms with Gasteiger partial charge in [0.1, 0.15) is 19.3 Å². The molecule has 632 valence electrons. The van der Waals surface area contributed by atoms with Gasteiger partial charge in [0.15, 0.2) is 12.2 Å². The predicted molar refractivity (Wildman–Crippen MR) is 441 cm³/mol. The molecule has 0 saturated heterocycles. The topological polar surface area (TPSA) is 237 Å². The molecule has 0 amide bonds. The number of esters is 4. The van der Waals surface area contributed by atoms with Gasteiger partial charge < -0.3 is 33.8 Å². The molecule has 5 atom stereocenters. The summed E-state index contributed by atoms with van der Waals surface area (Å²) in [5, 5.41) is 10.7. The zero-order chi connectivity index (χ0) is 78.3. The number of phosphoric acid groups is 2. The fourth-order valence-corrected chi connectivity index (χ4v) is 14.9. The minimum absolute atomic E-state index is 0.0859. The molecule has 3 N–H and O–H groups in total. The maximum atomic E-state index is 13.2. The van der Waals surface area contributed by atoms with Gasteiger partial charge in [-0.15, -0.1) is 0 Å². The van der Waals surface area contributed by atoms with Crippen LogP contribution in [0.25, 0.3) is 0 Å². The van der Waals surface area contributed by atoms with Crippen molar-refractivity contribution in [3.63, 3.8) is 0 Å². The molecule has 0 bridgehead atoms. The molecule has 0 heterocycles. The van der Waals surface area contributed by atoms with Crippen molar-refractivity contribution in [2.45, 2.75) is 470 Å². The second kappa shape index (κ2) is 80.2. The third-order valence-corrected chi connectivity index (χ3v) is 22.1. The number of hydrogen-bond acceptors (Lipinski definition) is 15. The Morgan fingerprint density at radius 1 is 0.290 bits per heavy atom. The van der Waals surface area contributed by atoms with E-state index in [4.69, 9.17) is 37.0 Å². The molecule has 0 aliphatic rings. The second-order valence-corrected chi connectivity index (χ2v) is 34.3. The fraction of sp³-hybridized carbons (Fsp3) is 0.909. The molecule has 0 radical (unpaired) electrons. The van der Waals surface area contributed by atoms with Crippen molar-refractivity contribution < 1.29 is 80.2 Å². The number of carbonyl (C=O) groups is 4. The zero-order valence-electron chi connectivity index (χ0n) is 69.8. The number of carbonyl (C=O) groups excluding carboxylic acids is 4. The van der Waals surface area contributed by atoms with Gasteiger partial charge in [0.25, 0.3) is 0 Å². The summed E-state index contributed by atoms with van der Waals surface area (Å²) in [6.07, 6.45) is 77.2. The molecular weight excluding hydrogens is 1390 g/mol. The summed E-state index contributed by atoms with van der Waals surface area (Å²) in [7, 11) is -9.94. The van der Waals surface area contributed by atoms with Crippen LogP contribution in [0.2, 0.25) is 0 Å². The fourth-order valence-electron chi connectivity index (χ4n) is 13.3. The Bertz CT molecular complexity index is 2130. The van der Waals surface area contributed by atoms with E-state index in [0.29, 0.717) is 25.7 Å². The number of hydrogen-bond donors (Lipinski definition) is 3. The van der Waals surface area contributed by atoms with Crippen molar-refractivity contribution in [2.24, 2.45) is 5.92 Å². The van der Waals surface area contributed by atoms with E-state index in [0.717, 1.165) is 109 Å². The number of aliphatic hydroxyl groups excluding tert-OH is 1. The summed E-state index contributed by atoms with van der Waals surface area (Å²) in [5.74, 6) is -1.31. The average molecular weight is 1560 g/mol. The van der Waals surface area contributed by atoms with Crippen molar-refractivity contribution in [1.82, 2.24) is 0 Å². The smallest absolute Gasteiger partial charge is 0.462 e. The number of ether oxygens (including phenoxy) is 4. The van der Waals surface area contributed by atoms with E-state index in [1.165, 1.54) is 263 Å². The van der Waals surface area contributed by atoms with Crippen LogP contribution in [0.15, 0.2) is 24.3 Å². The summed E-state index contributed by atoms with van der Waals surface area (Å²) in [6, 6.07) is 0. The van der Waals surface area contributed by atoms with E-state index < -0.39 is 97.5 Å². The Morgan fingerprint density at radius 2 is 0.505 bits per heavy atom. The largest absolute Gasteiger partial charge is 0.472 e. The summed E-state index contributed by atoms with van der Waals surface area (Å²) in [6.45, 7) is 7.34. The van der Waals surface area contributed by atoms with Gasteiger partial charge in [-0.05, 0) is 57.3 Å². The standard InChI is InChI=1S/C88H168O17P2/c1-6-9-12-15-18-21-24-27-29-30-31-35-39-42-47-52-57-62-67-72-86(91)99-78-84(105-88(93)74-69-64-59-54-49-44-40-36-33-32-34-38-41-45-50-55-60-65-70-81(4)5)80-103-107(96,97)101-76-82(89)75-100-106(94,95)102-79-83(77-98-85(90)71-66-61-56-51-46-26-23-20-17-14-11-8-3)104-87(92)73-68-63-58-53-48-43-37-28-25-22-19-16-13-10-7-2/h22,25,28,37,81-84,89H,6-21,23-24,26-27,29-36,38-80H2,1-5H3,(H,94,95)(H,96,97)/b25-22-,37-28-/t82-,83+,84+/m0/s1. The van der Waals surface area contributed by atoms with Gasteiger partial charge in [-0.25, -0.2) is 9.13 Å². The normalized spacial score (nSPS) is 13.9. The lowest BCUT2D eigenvalue weighted by Gasteiger charge is -2.21. The molecule has 0 fully saturated rings. The number of phosphoric ester groups is 2. The summed E-state index contributed by atoms with van der Waals surface area (Å²) < 4.78 is 68.9. The first-order chi connectivity index (χ1) is 52.0. The van der Waals surface area contributed by atoms with E-state index in [1.807, 2.05) is 0 Å². The highest BCUT2D eigenvalue weighted by molar-refractivity contribution is 7.47. The third kappa shape index (κ3) is 81.4. The first-order valence-corrected chi connectivity index (χ1v) is 47.9. The lowest BCUT2D eigenvalue weighted by Crippen LogP contribution is -2.30. The van der Waals surface area contributed by atoms with Crippen LogP contribution in [0.3, 0.4) is 0 Å². The SMILES string of the molecule is CCCCCC/C=C\C=C/CCCCCCCC(=O)O[C@H](COC(=O)CCCCCCCCCCCCCC)COP(=O)(O)OC[C@H](O)COP(=O)(O)OC[C@@H](COC(=O)CCCCCCCCCCCCCCCCCCCCC)OC(=O)CCCCCCCCCCCCCCCCCCCCC(C)C. The predicted octanol–water partition coefficient (Wildman–Crippen LogP) is 26.7. The highest BCUT2D eigenvalue weighted by Crippen LogP contribution is 2.45. The van der Waals surface area contributed by atoms with Crippen LogP contribution in [0.4, 0.5) is 0 Å². The van der Waals surface area contributed by atoms with Crippen molar-refractivity contribution >= 4 is 39.5 Å². The van der Waals surface area contributed by atoms with Crippen LogP contribution in [0.1, 0.15) is 452 Å². The highest BCUT2D eigenvalue weighted by Gasteiger charge is 2.30. The maximum Gasteiger partial charge on any atom is 0.472 e. The molecule has 107 heavy (non-hydrogen) atoms. The Balaban J connectivity index is 5.27. The summed E-state index contributed by atoms with van der Waals surface area (Å²) in [5.41, 5.74) is 0. The van der Waals surface area contributed by atoms with Gasteiger partial charge in [-0.3, -0.25) is 37.3 Å². The Morgan fingerprint density at radius 3 is 0.766 bits per heavy atom. The molecule has 0 rings (SSSR count). The molecule has 0 aromatic rings. The average Bonchev–Trinajstić information content (AvgIpc) is 0.905. The van der Waals surface area contributed by atoms with E-state index in [9.17, 15) is 43.2 Å². The molecular formula is C88H168O17P2. The number of rotatable bonds is 86. The molecule has 0 aliphatic heterocycles. The number of unbranched alkanes of at least 4 members (excludes halogenated alkanes) is 55. The molecule has 19 heteroatoms. The van der Waals surface area contributed by atoms with Crippen LogP contribution < -0.4 is 0 Å². The van der Waals surface area contributed by atoms with Gasteiger partial charge in [-0.1, -0.05) is 399 Å². The van der Waals surface area contributed by atoms with Crippen LogP contribution in [-0.4, -0.2) is 96.7 Å². The second-order valence-electron chi connectivity index (χ2n) is 31.4. The Kier molecular flexibility index (Phi) is 78.3. The van der Waals surface area contributed by atoms with E-state index in [-0.39, 0.29) is 25.7 Å². The molecule has 0 aliphatic carbocycles. The van der Waals surface area contributed by atoms with Crippen molar-refractivity contribution in [2.75, 3.05) is 39.6 Å². The van der Waals surface area contributed by atoms with Crippen LogP contribution >= 0.6 is 15.6 Å². The third-order valence-electron chi connectivity index (χ3n) is 20.2. The van der Waals surface area contributed by atoms with Crippen molar-refractivity contribution in [1.29, 1.82) is 0 Å². The summed E-state index contributed by atoms with van der Waals surface area (Å²) >= 11 is 0. The van der Waals surface area contributed by atoms with Crippen LogP contribution in [0.5, 0.6) is 0 Å². The monoisotopic (exact) mass is 1560 g/mol. The molecule has 0 spiro atoms. The molecule has 2 unspecified atom stereocenters. The minimum atomic E-state index is -4.97. The number of allylic oxidation sites excluding steroid dienone is 4. The summed E-state index contributed by atoms with van der Waals surface area (Å²) in [4.78, 5) is 73.3.